The molecule has 0 aromatic heterocycles. The Kier molecular flexibility index (Phi) is 3.72. The fraction of sp³-hybridized carbons (Fsp3) is 0.417. The number of benzene rings is 1. The molecule has 1 amide bonds. The van der Waals surface area contributed by atoms with Gasteiger partial charge in [0.1, 0.15) is 0 Å². The molecule has 0 unspecified atom stereocenters. The van der Waals surface area contributed by atoms with Gasteiger partial charge in [0, 0.05) is 31.4 Å². The highest BCUT2D eigenvalue weighted by Crippen LogP contribution is 2.17. The van der Waals surface area contributed by atoms with Crippen LogP contribution in [0.3, 0.4) is 0 Å². The van der Waals surface area contributed by atoms with Crippen LogP contribution in [0.5, 0.6) is 0 Å². The Bertz CT molecular complexity index is 345. The van der Waals surface area contributed by atoms with Gasteiger partial charge in [-0.25, -0.2) is 0 Å². The Morgan fingerprint density at radius 3 is 2.53 bits per heavy atom. The maximum absolute atomic E-state index is 11.5. The van der Waals surface area contributed by atoms with Crippen molar-refractivity contribution in [3.8, 4) is 0 Å². The average molecular weight is 206 g/mol. The fourth-order valence-corrected chi connectivity index (χ4v) is 1.15. The van der Waals surface area contributed by atoms with Crippen LogP contribution in [0.2, 0.25) is 0 Å². The number of nitrogens with zero attached hydrogens (tertiary/aromatic N) is 1. The zero-order valence-corrected chi connectivity index (χ0v) is 9.74. The summed E-state index contributed by atoms with van der Waals surface area (Å²) in [7, 11) is 3.95. The van der Waals surface area contributed by atoms with Crippen molar-refractivity contribution in [2.24, 2.45) is 5.92 Å². The molecule has 3 nitrogen and oxygen atoms in total. The van der Waals surface area contributed by atoms with E-state index in [1.165, 1.54) is 0 Å². The van der Waals surface area contributed by atoms with Gasteiger partial charge < -0.3 is 10.2 Å². The predicted octanol–water partition coefficient (Wildman–Crippen LogP) is 2.35. The van der Waals surface area contributed by atoms with Crippen LogP contribution in [0.1, 0.15) is 13.8 Å². The van der Waals surface area contributed by atoms with Crippen molar-refractivity contribution in [2.45, 2.75) is 13.8 Å². The quantitative estimate of drug-likeness (QED) is 0.823. The van der Waals surface area contributed by atoms with Crippen LogP contribution >= 0.6 is 0 Å². The molecule has 0 fully saturated rings. The second-order valence-corrected chi connectivity index (χ2v) is 4.09. The lowest BCUT2D eigenvalue weighted by molar-refractivity contribution is -0.118. The Morgan fingerprint density at radius 1 is 1.33 bits per heavy atom. The van der Waals surface area contributed by atoms with E-state index in [1.807, 2.05) is 57.1 Å². The summed E-state index contributed by atoms with van der Waals surface area (Å²) in [6, 6.07) is 7.80. The van der Waals surface area contributed by atoms with Gasteiger partial charge in [-0.3, -0.25) is 4.79 Å². The average Bonchev–Trinajstić information content (AvgIpc) is 2.18. The number of carbonyl (C=O) groups excluding carboxylic acids is 1. The second-order valence-electron chi connectivity index (χ2n) is 4.09. The molecule has 0 atom stereocenters. The summed E-state index contributed by atoms with van der Waals surface area (Å²) in [5.74, 6) is 0.0546. The number of rotatable bonds is 3. The van der Waals surface area contributed by atoms with E-state index in [1.54, 1.807) is 0 Å². The van der Waals surface area contributed by atoms with Gasteiger partial charge in [-0.2, -0.15) is 0 Å². The molecule has 1 aromatic rings. The highest BCUT2D eigenvalue weighted by molar-refractivity contribution is 5.92. The van der Waals surface area contributed by atoms with Gasteiger partial charge in [-0.15, -0.1) is 0 Å². The molecular formula is C12H18N2O. The molecule has 82 valence electrons. The van der Waals surface area contributed by atoms with Crippen molar-refractivity contribution in [3.63, 3.8) is 0 Å². The minimum atomic E-state index is 0.00742. The first kappa shape index (κ1) is 11.6. The van der Waals surface area contributed by atoms with E-state index in [4.69, 9.17) is 0 Å². The van der Waals surface area contributed by atoms with Crippen molar-refractivity contribution >= 4 is 17.3 Å². The number of hydrogen-bond acceptors (Lipinski definition) is 2. The summed E-state index contributed by atoms with van der Waals surface area (Å²) in [5, 5.41) is 2.87. The summed E-state index contributed by atoms with van der Waals surface area (Å²) in [6.07, 6.45) is 0. The Hall–Kier alpha value is -1.51. The van der Waals surface area contributed by atoms with Crippen LogP contribution in [0.15, 0.2) is 24.3 Å². The lowest BCUT2D eigenvalue weighted by atomic mass is 10.2. The molecule has 1 rings (SSSR count). The molecule has 0 aliphatic heterocycles. The highest BCUT2D eigenvalue weighted by atomic mass is 16.1. The smallest absolute Gasteiger partial charge is 0.226 e. The van der Waals surface area contributed by atoms with Crippen molar-refractivity contribution in [3.05, 3.63) is 24.3 Å². The van der Waals surface area contributed by atoms with Crippen molar-refractivity contribution in [1.29, 1.82) is 0 Å². The molecule has 0 saturated heterocycles. The number of carbonyl (C=O) groups is 1. The second kappa shape index (κ2) is 4.82. The van der Waals surface area contributed by atoms with Crippen LogP contribution < -0.4 is 10.2 Å². The predicted molar refractivity (Wildman–Crippen MR) is 64.2 cm³/mol. The molecule has 15 heavy (non-hydrogen) atoms. The minimum absolute atomic E-state index is 0.00742. The third-order valence-corrected chi connectivity index (χ3v) is 2.15. The van der Waals surface area contributed by atoms with E-state index in [0.717, 1.165) is 11.4 Å². The summed E-state index contributed by atoms with van der Waals surface area (Å²) in [5.41, 5.74) is 1.93. The maximum Gasteiger partial charge on any atom is 0.226 e. The van der Waals surface area contributed by atoms with Gasteiger partial charge in [0.15, 0.2) is 0 Å². The van der Waals surface area contributed by atoms with Crippen LogP contribution in [0.4, 0.5) is 11.4 Å². The lowest BCUT2D eigenvalue weighted by Gasteiger charge is -2.14. The van der Waals surface area contributed by atoms with Crippen LogP contribution in [0, 0.1) is 5.92 Å². The molecular weight excluding hydrogens is 188 g/mol. The summed E-state index contributed by atoms with van der Waals surface area (Å²) < 4.78 is 0. The van der Waals surface area contributed by atoms with Gasteiger partial charge in [0.25, 0.3) is 0 Å². The van der Waals surface area contributed by atoms with E-state index < -0.39 is 0 Å². The molecule has 0 heterocycles. The fourth-order valence-electron chi connectivity index (χ4n) is 1.15. The molecule has 0 saturated carbocycles. The lowest BCUT2D eigenvalue weighted by Crippen LogP contribution is -2.18. The largest absolute Gasteiger partial charge is 0.378 e. The molecule has 0 bridgehead atoms. The van der Waals surface area contributed by atoms with E-state index in [2.05, 4.69) is 5.32 Å². The molecule has 0 radical (unpaired) electrons. The third-order valence-electron chi connectivity index (χ3n) is 2.15. The van der Waals surface area contributed by atoms with Gasteiger partial charge >= 0.3 is 0 Å². The molecule has 0 aliphatic carbocycles. The molecule has 1 aromatic carbocycles. The highest BCUT2D eigenvalue weighted by Gasteiger charge is 2.07. The Morgan fingerprint density at radius 2 is 2.00 bits per heavy atom. The SMILES string of the molecule is CC(C)C(=O)Nc1cccc(N(C)C)c1. The molecule has 1 N–H and O–H groups in total. The molecule has 0 aliphatic rings. The van der Waals surface area contributed by atoms with Crippen molar-refractivity contribution in [1.82, 2.24) is 0 Å². The van der Waals surface area contributed by atoms with Gasteiger partial charge in [-0.05, 0) is 18.2 Å². The monoisotopic (exact) mass is 206 g/mol. The summed E-state index contributed by atoms with van der Waals surface area (Å²) >= 11 is 0. The van der Waals surface area contributed by atoms with Gasteiger partial charge in [0.05, 0.1) is 0 Å². The van der Waals surface area contributed by atoms with E-state index in [0.29, 0.717) is 0 Å². The number of amides is 1. The van der Waals surface area contributed by atoms with E-state index in [9.17, 15) is 4.79 Å². The molecule has 3 heteroatoms. The van der Waals surface area contributed by atoms with Crippen LogP contribution in [0.25, 0.3) is 0 Å². The maximum atomic E-state index is 11.5. The first-order valence-corrected chi connectivity index (χ1v) is 5.09. The van der Waals surface area contributed by atoms with Crippen LogP contribution in [-0.4, -0.2) is 20.0 Å². The van der Waals surface area contributed by atoms with E-state index in [-0.39, 0.29) is 11.8 Å². The van der Waals surface area contributed by atoms with Gasteiger partial charge in [0.2, 0.25) is 5.91 Å². The standard InChI is InChI=1S/C12H18N2O/c1-9(2)12(15)13-10-6-5-7-11(8-10)14(3)4/h5-9H,1-4H3,(H,13,15). The Labute approximate surface area is 91.1 Å². The zero-order chi connectivity index (χ0) is 11.4. The number of nitrogens with one attached hydrogen (secondary N) is 1. The third kappa shape index (κ3) is 3.27. The summed E-state index contributed by atoms with van der Waals surface area (Å²) in [6.45, 7) is 3.76. The zero-order valence-electron chi connectivity index (χ0n) is 9.74. The van der Waals surface area contributed by atoms with Crippen LogP contribution in [-0.2, 0) is 4.79 Å². The first-order chi connectivity index (χ1) is 7.00. The molecule has 0 spiro atoms. The van der Waals surface area contributed by atoms with Gasteiger partial charge in [-0.1, -0.05) is 19.9 Å². The van der Waals surface area contributed by atoms with Crippen molar-refractivity contribution in [2.75, 3.05) is 24.3 Å². The Balaban J connectivity index is 2.78. The first-order valence-electron chi connectivity index (χ1n) is 5.09. The van der Waals surface area contributed by atoms with E-state index >= 15 is 0 Å². The van der Waals surface area contributed by atoms with Crippen molar-refractivity contribution < 1.29 is 4.79 Å². The number of anilines is 2. The normalized spacial score (nSPS) is 10.2. The summed E-state index contributed by atoms with van der Waals surface area (Å²) in [4.78, 5) is 13.5. The topological polar surface area (TPSA) is 32.3 Å². The number of hydrogen-bond donors (Lipinski definition) is 1. The minimum Gasteiger partial charge on any atom is -0.378 e.